The van der Waals surface area contributed by atoms with Crippen molar-refractivity contribution in [2.45, 2.75) is 19.3 Å². The zero-order valence-corrected chi connectivity index (χ0v) is 9.39. The number of hydrogen-bond acceptors (Lipinski definition) is 4. The predicted octanol–water partition coefficient (Wildman–Crippen LogP) is 0.695. The van der Waals surface area contributed by atoms with Crippen LogP contribution in [0.1, 0.15) is 17.4 Å². The molecule has 2 aromatic rings. The third kappa shape index (κ3) is 2.49. The van der Waals surface area contributed by atoms with Crippen LogP contribution >= 0.6 is 0 Å². The second kappa shape index (κ2) is 4.94. The fraction of sp³-hybridized carbons (Fsp3) is 0.455. The molecule has 0 aliphatic heterocycles. The molecule has 0 radical (unpaired) electrons. The lowest BCUT2D eigenvalue weighted by Gasteiger charge is -1.93. The van der Waals surface area contributed by atoms with Crippen molar-refractivity contribution in [3.63, 3.8) is 0 Å². The standard InChI is InChI=1S/C11H16N4O/c1-15-11(6-7-12)13-10(14-15)5-4-9-3-2-8-16-9/h2-3,8H,4-7,12H2,1H3. The van der Waals surface area contributed by atoms with Gasteiger partial charge in [0.1, 0.15) is 11.6 Å². The molecule has 2 aromatic heterocycles. The molecule has 0 fully saturated rings. The number of aryl methyl sites for hydroxylation is 3. The van der Waals surface area contributed by atoms with Gasteiger partial charge in [0.05, 0.1) is 6.26 Å². The van der Waals surface area contributed by atoms with Crippen LogP contribution in [0.25, 0.3) is 0 Å². The van der Waals surface area contributed by atoms with Crippen LogP contribution in [0.2, 0.25) is 0 Å². The zero-order chi connectivity index (χ0) is 11.4. The van der Waals surface area contributed by atoms with Gasteiger partial charge in [-0.3, -0.25) is 4.68 Å². The van der Waals surface area contributed by atoms with Crippen LogP contribution in [0, 0.1) is 0 Å². The van der Waals surface area contributed by atoms with Crippen molar-refractivity contribution in [2.24, 2.45) is 12.8 Å². The Kier molecular flexibility index (Phi) is 3.36. The van der Waals surface area contributed by atoms with Gasteiger partial charge in [0.2, 0.25) is 0 Å². The second-order valence-corrected chi connectivity index (χ2v) is 3.69. The third-order valence-corrected chi connectivity index (χ3v) is 2.44. The van der Waals surface area contributed by atoms with Gasteiger partial charge >= 0.3 is 0 Å². The minimum Gasteiger partial charge on any atom is -0.469 e. The van der Waals surface area contributed by atoms with Crippen LogP contribution in [0.5, 0.6) is 0 Å². The van der Waals surface area contributed by atoms with E-state index in [1.807, 2.05) is 19.2 Å². The summed E-state index contributed by atoms with van der Waals surface area (Å²) in [5, 5.41) is 4.34. The first-order valence-electron chi connectivity index (χ1n) is 5.41. The molecule has 0 aromatic carbocycles. The lowest BCUT2D eigenvalue weighted by atomic mass is 10.2. The number of aromatic nitrogens is 3. The van der Waals surface area contributed by atoms with Gasteiger partial charge in [0, 0.05) is 26.3 Å². The summed E-state index contributed by atoms with van der Waals surface area (Å²) < 4.78 is 7.05. The van der Waals surface area contributed by atoms with Crippen LogP contribution in [-0.4, -0.2) is 21.3 Å². The minimum atomic E-state index is 0.601. The number of furan rings is 1. The first-order valence-corrected chi connectivity index (χ1v) is 5.41. The lowest BCUT2D eigenvalue weighted by molar-refractivity contribution is 0.506. The Hall–Kier alpha value is -1.62. The summed E-state index contributed by atoms with van der Waals surface area (Å²) in [6.07, 6.45) is 4.08. The largest absolute Gasteiger partial charge is 0.469 e. The van der Waals surface area contributed by atoms with Crippen molar-refractivity contribution >= 4 is 0 Å². The van der Waals surface area contributed by atoms with Crippen LogP contribution in [0.3, 0.4) is 0 Å². The van der Waals surface area contributed by atoms with Crippen molar-refractivity contribution in [1.29, 1.82) is 0 Å². The van der Waals surface area contributed by atoms with Gasteiger partial charge in [-0.05, 0) is 18.7 Å². The molecule has 0 bridgehead atoms. The van der Waals surface area contributed by atoms with Crippen LogP contribution in [-0.2, 0) is 26.3 Å². The molecule has 5 nitrogen and oxygen atoms in total. The van der Waals surface area contributed by atoms with Crippen LogP contribution in [0.4, 0.5) is 0 Å². The molecule has 0 saturated heterocycles. The molecule has 2 rings (SSSR count). The third-order valence-electron chi connectivity index (χ3n) is 2.44. The Morgan fingerprint density at radius 2 is 2.25 bits per heavy atom. The molecule has 86 valence electrons. The molecule has 2 heterocycles. The summed E-state index contributed by atoms with van der Waals surface area (Å²) in [4.78, 5) is 4.43. The molecular weight excluding hydrogens is 204 g/mol. The normalized spacial score (nSPS) is 10.9. The van der Waals surface area contributed by atoms with Crippen molar-refractivity contribution in [3.05, 3.63) is 35.8 Å². The molecule has 0 saturated carbocycles. The maximum absolute atomic E-state index is 5.49. The van der Waals surface area contributed by atoms with E-state index in [4.69, 9.17) is 10.2 Å². The van der Waals surface area contributed by atoms with Gasteiger partial charge < -0.3 is 10.2 Å². The van der Waals surface area contributed by atoms with Crippen LogP contribution in [0.15, 0.2) is 22.8 Å². The topological polar surface area (TPSA) is 69.9 Å². The van der Waals surface area contributed by atoms with Gasteiger partial charge in [-0.25, -0.2) is 4.98 Å². The molecule has 0 aliphatic rings. The van der Waals surface area contributed by atoms with E-state index in [9.17, 15) is 0 Å². The zero-order valence-electron chi connectivity index (χ0n) is 9.39. The fourth-order valence-corrected chi connectivity index (χ4v) is 1.62. The monoisotopic (exact) mass is 220 g/mol. The van der Waals surface area contributed by atoms with E-state index in [-0.39, 0.29) is 0 Å². The summed E-state index contributed by atoms with van der Waals surface area (Å²) in [6, 6.07) is 3.85. The van der Waals surface area contributed by atoms with E-state index in [1.165, 1.54) is 0 Å². The average molecular weight is 220 g/mol. The molecule has 5 heteroatoms. The number of nitrogens with two attached hydrogens (primary N) is 1. The fourth-order valence-electron chi connectivity index (χ4n) is 1.62. The smallest absolute Gasteiger partial charge is 0.151 e. The highest BCUT2D eigenvalue weighted by atomic mass is 16.3. The van der Waals surface area contributed by atoms with Crippen LogP contribution < -0.4 is 5.73 Å². The second-order valence-electron chi connectivity index (χ2n) is 3.69. The van der Waals surface area contributed by atoms with E-state index < -0.39 is 0 Å². The summed E-state index contributed by atoms with van der Waals surface area (Å²) in [5.41, 5.74) is 5.49. The van der Waals surface area contributed by atoms with Gasteiger partial charge in [-0.1, -0.05) is 0 Å². The summed E-state index contributed by atoms with van der Waals surface area (Å²) in [7, 11) is 1.90. The van der Waals surface area contributed by atoms with Gasteiger partial charge in [-0.15, -0.1) is 0 Å². The molecular formula is C11H16N4O. The number of hydrogen-bond donors (Lipinski definition) is 1. The summed E-state index contributed by atoms with van der Waals surface area (Å²) >= 11 is 0. The highest BCUT2D eigenvalue weighted by Crippen LogP contribution is 2.05. The van der Waals surface area contributed by atoms with Gasteiger partial charge in [-0.2, -0.15) is 5.10 Å². The molecule has 0 aliphatic carbocycles. The van der Waals surface area contributed by atoms with E-state index in [0.29, 0.717) is 6.54 Å². The SMILES string of the molecule is Cn1nc(CCc2ccco2)nc1CCN. The van der Waals surface area contributed by atoms with Crippen molar-refractivity contribution in [2.75, 3.05) is 6.54 Å². The predicted molar refractivity (Wildman–Crippen MR) is 59.9 cm³/mol. The molecule has 0 spiro atoms. The summed E-state index contributed by atoms with van der Waals surface area (Å²) in [6.45, 7) is 0.601. The molecule has 0 amide bonds. The Morgan fingerprint density at radius 3 is 2.94 bits per heavy atom. The molecule has 16 heavy (non-hydrogen) atoms. The highest BCUT2D eigenvalue weighted by Gasteiger charge is 2.07. The first kappa shape index (κ1) is 10.9. The Bertz CT molecular complexity index is 433. The Balaban J connectivity index is 1.97. The van der Waals surface area contributed by atoms with Crippen molar-refractivity contribution in [3.8, 4) is 0 Å². The van der Waals surface area contributed by atoms with E-state index in [0.717, 1.165) is 36.7 Å². The molecule has 2 N–H and O–H groups in total. The lowest BCUT2D eigenvalue weighted by Crippen LogP contribution is -2.08. The first-order chi connectivity index (χ1) is 7.79. The molecule has 0 atom stereocenters. The molecule has 0 unspecified atom stereocenters. The highest BCUT2D eigenvalue weighted by molar-refractivity contribution is 5.01. The van der Waals surface area contributed by atoms with Gasteiger partial charge in [0.25, 0.3) is 0 Å². The minimum absolute atomic E-state index is 0.601. The maximum atomic E-state index is 5.49. The summed E-state index contributed by atoms with van der Waals surface area (Å²) in [5.74, 6) is 2.76. The quantitative estimate of drug-likeness (QED) is 0.805. The van der Waals surface area contributed by atoms with Gasteiger partial charge in [0.15, 0.2) is 5.82 Å². The van der Waals surface area contributed by atoms with E-state index in [2.05, 4.69) is 10.1 Å². The van der Waals surface area contributed by atoms with Crippen molar-refractivity contribution < 1.29 is 4.42 Å². The van der Waals surface area contributed by atoms with E-state index in [1.54, 1.807) is 10.9 Å². The van der Waals surface area contributed by atoms with Crippen molar-refractivity contribution in [1.82, 2.24) is 14.8 Å². The van der Waals surface area contributed by atoms with E-state index >= 15 is 0 Å². The number of nitrogens with zero attached hydrogens (tertiary/aromatic N) is 3. The maximum Gasteiger partial charge on any atom is 0.151 e. The average Bonchev–Trinajstić information content (AvgIpc) is 2.87. The Labute approximate surface area is 94.3 Å². The number of rotatable bonds is 5. The Morgan fingerprint density at radius 1 is 1.38 bits per heavy atom.